The summed E-state index contributed by atoms with van der Waals surface area (Å²) >= 11 is 1.35. The zero-order valence-corrected chi connectivity index (χ0v) is 14.6. The Labute approximate surface area is 149 Å². The molecule has 0 unspecified atom stereocenters. The van der Waals surface area contributed by atoms with Crippen LogP contribution >= 0.6 is 11.3 Å². The van der Waals surface area contributed by atoms with E-state index in [9.17, 15) is 14.4 Å². The van der Waals surface area contributed by atoms with Crippen LogP contribution in [0.2, 0.25) is 0 Å². The first kappa shape index (κ1) is 17.2. The van der Waals surface area contributed by atoms with Crippen LogP contribution in [0.15, 0.2) is 24.3 Å². The van der Waals surface area contributed by atoms with E-state index in [0.29, 0.717) is 16.3 Å². The Morgan fingerprint density at radius 1 is 1.16 bits per heavy atom. The molecule has 130 valence electrons. The fourth-order valence-corrected chi connectivity index (χ4v) is 3.37. The third kappa shape index (κ3) is 3.74. The topological polar surface area (TPSA) is 92.3 Å². The Bertz CT molecular complexity index is 783. The van der Waals surface area contributed by atoms with E-state index in [4.69, 9.17) is 0 Å². The second-order valence-corrected chi connectivity index (χ2v) is 6.77. The Morgan fingerprint density at radius 3 is 2.48 bits per heavy atom. The number of anilines is 1. The molecule has 0 saturated carbocycles. The fourth-order valence-electron chi connectivity index (χ4n) is 2.57. The molecule has 3 amide bonds. The lowest BCUT2D eigenvalue weighted by Crippen LogP contribution is -2.32. The number of nitrogens with zero attached hydrogens (tertiary/aromatic N) is 3. The van der Waals surface area contributed by atoms with Gasteiger partial charge < -0.3 is 5.32 Å². The number of carbonyl (C=O) groups excluding carboxylic acids is 3. The normalized spacial score (nSPS) is 13.2. The average molecular weight is 358 g/mol. The number of hydrogen-bond acceptors (Lipinski definition) is 6. The minimum absolute atomic E-state index is 0.0232. The zero-order chi connectivity index (χ0) is 17.8. The van der Waals surface area contributed by atoms with Gasteiger partial charge in [0.2, 0.25) is 11.0 Å². The van der Waals surface area contributed by atoms with Crippen molar-refractivity contribution in [2.75, 3.05) is 11.9 Å². The molecule has 1 aromatic carbocycles. The van der Waals surface area contributed by atoms with E-state index in [1.54, 1.807) is 24.3 Å². The average Bonchev–Trinajstić information content (AvgIpc) is 3.15. The lowest BCUT2D eigenvalue weighted by Gasteiger charge is -2.12. The van der Waals surface area contributed by atoms with Crippen LogP contribution < -0.4 is 5.32 Å². The largest absolute Gasteiger partial charge is 0.300 e. The molecule has 2 aromatic rings. The smallest absolute Gasteiger partial charge is 0.261 e. The molecule has 2 heterocycles. The highest BCUT2D eigenvalue weighted by Gasteiger charge is 2.34. The first-order valence-corrected chi connectivity index (χ1v) is 8.99. The molecule has 1 N–H and O–H groups in total. The van der Waals surface area contributed by atoms with Crippen LogP contribution in [0.5, 0.6) is 0 Å². The molecule has 0 radical (unpaired) electrons. The van der Waals surface area contributed by atoms with Crippen molar-refractivity contribution in [3.63, 3.8) is 0 Å². The Morgan fingerprint density at radius 2 is 1.84 bits per heavy atom. The molecular formula is C17H18N4O3S. The molecule has 0 bridgehead atoms. The number of imide groups is 1. The standard InChI is InChI=1S/C17H18N4O3S/c1-2-3-8-14-19-20-17(25-14)18-13(22)9-10-21-15(23)11-6-4-5-7-12(11)16(21)24/h4-7H,2-3,8-10H2,1H3,(H,18,20,22). The van der Waals surface area contributed by atoms with Crippen molar-refractivity contribution in [1.29, 1.82) is 0 Å². The van der Waals surface area contributed by atoms with Crippen molar-refractivity contribution in [3.05, 3.63) is 40.4 Å². The maximum atomic E-state index is 12.2. The van der Waals surface area contributed by atoms with Gasteiger partial charge in [-0.3, -0.25) is 19.3 Å². The molecule has 3 rings (SSSR count). The van der Waals surface area contributed by atoms with Crippen molar-refractivity contribution in [1.82, 2.24) is 15.1 Å². The molecule has 7 nitrogen and oxygen atoms in total. The van der Waals surface area contributed by atoms with Crippen LogP contribution in [0.25, 0.3) is 0 Å². The summed E-state index contributed by atoms with van der Waals surface area (Å²) in [6.07, 6.45) is 2.97. The molecule has 0 fully saturated rings. The lowest BCUT2D eigenvalue weighted by atomic mass is 10.1. The van der Waals surface area contributed by atoms with E-state index >= 15 is 0 Å². The molecule has 0 spiro atoms. The second-order valence-electron chi connectivity index (χ2n) is 5.71. The third-order valence-electron chi connectivity index (χ3n) is 3.90. The minimum Gasteiger partial charge on any atom is -0.300 e. The summed E-state index contributed by atoms with van der Waals surface area (Å²) in [5.41, 5.74) is 0.773. The monoisotopic (exact) mass is 358 g/mol. The molecule has 25 heavy (non-hydrogen) atoms. The van der Waals surface area contributed by atoms with Gasteiger partial charge in [-0.15, -0.1) is 10.2 Å². The van der Waals surface area contributed by atoms with E-state index < -0.39 is 0 Å². The van der Waals surface area contributed by atoms with Crippen molar-refractivity contribution in [2.45, 2.75) is 32.6 Å². The predicted octanol–water partition coefficient (Wildman–Crippen LogP) is 2.51. The van der Waals surface area contributed by atoms with E-state index in [1.165, 1.54) is 11.3 Å². The molecule has 0 atom stereocenters. The Hall–Kier alpha value is -2.61. The van der Waals surface area contributed by atoms with Gasteiger partial charge in [-0.05, 0) is 18.6 Å². The zero-order valence-electron chi connectivity index (χ0n) is 13.8. The summed E-state index contributed by atoms with van der Waals surface area (Å²) in [7, 11) is 0. The van der Waals surface area contributed by atoms with Gasteiger partial charge >= 0.3 is 0 Å². The van der Waals surface area contributed by atoms with Crippen molar-refractivity contribution in [3.8, 4) is 0 Å². The lowest BCUT2D eigenvalue weighted by molar-refractivity contribution is -0.116. The van der Waals surface area contributed by atoms with Crippen molar-refractivity contribution >= 4 is 34.2 Å². The highest BCUT2D eigenvalue weighted by molar-refractivity contribution is 7.15. The van der Waals surface area contributed by atoms with Gasteiger partial charge in [0.25, 0.3) is 11.8 Å². The van der Waals surface area contributed by atoms with Crippen LogP contribution in [0.3, 0.4) is 0 Å². The number of hydrogen-bond donors (Lipinski definition) is 1. The van der Waals surface area contributed by atoms with Gasteiger partial charge in [-0.2, -0.15) is 0 Å². The number of carbonyl (C=O) groups is 3. The van der Waals surface area contributed by atoms with Gasteiger partial charge in [0.15, 0.2) is 0 Å². The molecule has 0 saturated heterocycles. The molecule has 1 aliphatic rings. The maximum absolute atomic E-state index is 12.2. The van der Waals surface area contributed by atoms with E-state index in [1.807, 2.05) is 0 Å². The van der Waals surface area contributed by atoms with Crippen LogP contribution in [-0.4, -0.2) is 39.4 Å². The number of fused-ring (bicyclic) bond motifs is 1. The molecule has 1 aliphatic heterocycles. The maximum Gasteiger partial charge on any atom is 0.261 e. The van der Waals surface area contributed by atoms with Gasteiger partial charge in [-0.1, -0.05) is 36.8 Å². The van der Waals surface area contributed by atoms with Gasteiger partial charge in [-0.25, -0.2) is 0 Å². The molecule has 0 aliphatic carbocycles. The second kappa shape index (κ2) is 7.52. The number of nitrogens with one attached hydrogen (secondary N) is 1. The summed E-state index contributed by atoms with van der Waals surface area (Å²) in [5.74, 6) is -1.01. The fraction of sp³-hybridized carbons (Fsp3) is 0.353. The Balaban J connectivity index is 1.54. The first-order chi connectivity index (χ1) is 12.1. The predicted molar refractivity (Wildman–Crippen MR) is 93.6 cm³/mol. The number of aromatic nitrogens is 2. The highest BCUT2D eigenvalue weighted by atomic mass is 32.1. The first-order valence-electron chi connectivity index (χ1n) is 8.17. The SMILES string of the molecule is CCCCc1nnc(NC(=O)CCN2C(=O)c3ccccc3C2=O)s1. The summed E-state index contributed by atoms with van der Waals surface area (Å²) in [6, 6.07) is 6.67. The number of benzene rings is 1. The van der Waals surface area contributed by atoms with E-state index in [-0.39, 0.29) is 30.7 Å². The summed E-state index contributed by atoms with van der Waals surface area (Å²) < 4.78 is 0. The highest BCUT2D eigenvalue weighted by Crippen LogP contribution is 2.22. The molecular weight excluding hydrogens is 340 g/mol. The van der Waals surface area contributed by atoms with E-state index in [2.05, 4.69) is 22.4 Å². The third-order valence-corrected chi connectivity index (χ3v) is 4.80. The molecule has 1 aromatic heterocycles. The Kier molecular flexibility index (Phi) is 5.18. The number of amides is 3. The van der Waals surface area contributed by atoms with Gasteiger partial charge in [0.1, 0.15) is 5.01 Å². The quantitative estimate of drug-likeness (QED) is 0.768. The molecule has 8 heteroatoms. The van der Waals surface area contributed by atoms with Crippen molar-refractivity contribution in [2.24, 2.45) is 0 Å². The number of unbranched alkanes of at least 4 members (excludes halogenated alkanes) is 1. The van der Waals surface area contributed by atoms with Crippen LogP contribution in [-0.2, 0) is 11.2 Å². The summed E-state index contributed by atoms with van der Waals surface area (Å²) in [6.45, 7) is 2.14. The van der Waals surface area contributed by atoms with Gasteiger partial charge in [0, 0.05) is 19.4 Å². The van der Waals surface area contributed by atoms with Crippen molar-refractivity contribution < 1.29 is 14.4 Å². The summed E-state index contributed by atoms with van der Waals surface area (Å²) in [4.78, 5) is 37.6. The number of rotatable bonds is 7. The number of aryl methyl sites for hydroxylation is 1. The summed E-state index contributed by atoms with van der Waals surface area (Å²) in [5, 5.41) is 12.0. The van der Waals surface area contributed by atoms with E-state index in [0.717, 1.165) is 29.2 Å². The van der Waals surface area contributed by atoms with Crippen LogP contribution in [0, 0.1) is 0 Å². The van der Waals surface area contributed by atoms with Crippen LogP contribution in [0.4, 0.5) is 5.13 Å². The minimum atomic E-state index is -0.355. The van der Waals surface area contributed by atoms with Gasteiger partial charge in [0.05, 0.1) is 11.1 Å². The van der Waals surface area contributed by atoms with Crippen LogP contribution in [0.1, 0.15) is 51.9 Å².